The van der Waals surface area contributed by atoms with E-state index in [0.29, 0.717) is 0 Å². The zero-order chi connectivity index (χ0) is 41.3. The summed E-state index contributed by atoms with van der Waals surface area (Å²) in [5.41, 5.74) is 19.0. The first-order valence-corrected chi connectivity index (χ1v) is 20.7. The molecule has 0 unspecified atom stereocenters. The fourth-order valence-electron chi connectivity index (χ4n) is 7.77. The molecule has 0 saturated carbocycles. The standard InChI is InChI=1S/C58H50N2/c1-43-13-11-14-44(2)57(43)59(53-17-7-5-8-18-53)55-39-35-51(36-40-55)33-31-49-27-23-47(24-28-49)21-22-48-25-29-50(30-26-48)32-34-52-37-41-56(42-38-52)60(54-19-9-6-10-20-54)58-45(3)15-12-16-46(58)4/h5-42H,1-4H3/b22-21+,33-31+,34-32+. The van der Waals surface area contributed by atoms with Crippen molar-refractivity contribution in [1.29, 1.82) is 0 Å². The van der Waals surface area contributed by atoms with Gasteiger partial charge in [0.25, 0.3) is 0 Å². The van der Waals surface area contributed by atoms with Gasteiger partial charge in [-0.1, -0.05) is 182 Å². The molecule has 0 aromatic heterocycles. The second-order valence-electron chi connectivity index (χ2n) is 15.3. The Morgan fingerprint density at radius 1 is 0.233 bits per heavy atom. The van der Waals surface area contributed by atoms with Gasteiger partial charge in [0, 0.05) is 22.7 Å². The summed E-state index contributed by atoms with van der Waals surface area (Å²) >= 11 is 0. The summed E-state index contributed by atoms with van der Waals surface area (Å²) in [6, 6.07) is 69.2. The van der Waals surface area contributed by atoms with Crippen molar-refractivity contribution in [2.45, 2.75) is 27.7 Å². The molecule has 0 aliphatic heterocycles. The number of benzene rings is 8. The summed E-state index contributed by atoms with van der Waals surface area (Å²) in [6.45, 7) is 8.73. The van der Waals surface area contributed by atoms with E-state index < -0.39 is 0 Å². The number of aryl methyl sites for hydroxylation is 4. The summed E-state index contributed by atoms with van der Waals surface area (Å²) in [5, 5.41) is 0. The Morgan fingerprint density at radius 3 is 0.700 bits per heavy atom. The van der Waals surface area contributed by atoms with Crippen molar-refractivity contribution in [1.82, 2.24) is 0 Å². The van der Waals surface area contributed by atoms with Gasteiger partial charge in [0.15, 0.2) is 0 Å². The van der Waals surface area contributed by atoms with Gasteiger partial charge < -0.3 is 9.80 Å². The van der Waals surface area contributed by atoms with Gasteiger partial charge in [-0.3, -0.25) is 0 Å². The minimum absolute atomic E-state index is 1.14. The molecule has 8 aromatic rings. The van der Waals surface area contributed by atoms with Crippen molar-refractivity contribution in [3.8, 4) is 0 Å². The summed E-state index contributed by atoms with van der Waals surface area (Å²) in [5.74, 6) is 0. The first-order valence-electron chi connectivity index (χ1n) is 20.7. The smallest absolute Gasteiger partial charge is 0.0519 e. The largest absolute Gasteiger partial charge is 0.310 e. The monoisotopic (exact) mass is 774 g/mol. The molecular weight excluding hydrogens is 725 g/mol. The van der Waals surface area contributed by atoms with E-state index in [4.69, 9.17) is 0 Å². The first kappa shape index (κ1) is 39.4. The van der Waals surface area contributed by atoms with Crippen LogP contribution in [-0.4, -0.2) is 0 Å². The van der Waals surface area contributed by atoms with E-state index in [-0.39, 0.29) is 0 Å². The van der Waals surface area contributed by atoms with Gasteiger partial charge in [-0.25, -0.2) is 0 Å². The second kappa shape index (κ2) is 18.4. The highest BCUT2D eigenvalue weighted by atomic mass is 15.2. The number of rotatable bonds is 12. The third-order valence-electron chi connectivity index (χ3n) is 10.9. The van der Waals surface area contributed by atoms with Crippen LogP contribution in [0.3, 0.4) is 0 Å². The van der Waals surface area contributed by atoms with Crippen molar-refractivity contribution >= 4 is 70.6 Å². The first-order chi connectivity index (χ1) is 29.4. The lowest BCUT2D eigenvalue weighted by Gasteiger charge is -2.28. The van der Waals surface area contributed by atoms with Crippen LogP contribution in [0.5, 0.6) is 0 Å². The zero-order valence-electron chi connectivity index (χ0n) is 34.8. The van der Waals surface area contributed by atoms with Crippen LogP contribution in [0.1, 0.15) is 55.6 Å². The minimum Gasteiger partial charge on any atom is -0.310 e. The van der Waals surface area contributed by atoms with Gasteiger partial charge in [-0.05, 0) is 132 Å². The Bertz CT molecular complexity index is 2510. The van der Waals surface area contributed by atoms with Gasteiger partial charge >= 0.3 is 0 Å². The third-order valence-corrected chi connectivity index (χ3v) is 10.9. The van der Waals surface area contributed by atoms with Crippen LogP contribution in [0.4, 0.5) is 34.1 Å². The molecule has 0 bridgehead atoms. The fourth-order valence-corrected chi connectivity index (χ4v) is 7.77. The molecule has 60 heavy (non-hydrogen) atoms. The molecule has 2 nitrogen and oxygen atoms in total. The number of nitrogens with zero attached hydrogens (tertiary/aromatic N) is 2. The molecule has 8 rings (SSSR count). The van der Waals surface area contributed by atoms with E-state index in [2.05, 4.69) is 268 Å². The van der Waals surface area contributed by atoms with Crippen LogP contribution < -0.4 is 9.80 Å². The molecule has 0 fully saturated rings. The van der Waals surface area contributed by atoms with Crippen LogP contribution in [0.25, 0.3) is 36.5 Å². The quantitative estimate of drug-likeness (QED) is 0.114. The molecule has 0 spiro atoms. The van der Waals surface area contributed by atoms with Gasteiger partial charge in [-0.2, -0.15) is 0 Å². The summed E-state index contributed by atoms with van der Waals surface area (Å²) < 4.78 is 0. The molecule has 0 heterocycles. The lowest BCUT2D eigenvalue weighted by atomic mass is 10.0. The maximum atomic E-state index is 2.35. The molecule has 8 aromatic carbocycles. The van der Waals surface area contributed by atoms with E-state index in [1.54, 1.807) is 0 Å². The molecule has 0 aliphatic rings. The van der Waals surface area contributed by atoms with E-state index in [1.807, 2.05) is 0 Å². The Labute approximate surface area is 356 Å². The average molecular weight is 775 g/mol. The Morgan fingerprint density at radius 2 is 0.450 bits per heavy atom. The van der Waals surface area contributed by atoms with E-state index in [0.717, 1.165) is 33.9 Å². The molecule has 0 atom stereocenters. The average Bonchev–Trinajstić information content (AvgIpc) is 3.29. The van der Waals surface area contributed by atoms with Crippen molar-refractivity contribution in [3.63, 3.8) is 0 Å². The Balaban J connectivity index is 0.887. The maximum Gasteiger partial charge on any atom is 0.0519 e. The topological polar surface area (TPSA) is 6.48 Å². The van der Waals surface area contributed by atoms with Crippen molar-refractivity contribution < 1.29 is 0 Å². The molecule has 292 valence electrons. The SMILES string of the molecule is Cc1cccc(C)c1N(c1ccccc1)c1ccc(/C=C/c2ccc(/C=C/c3ccc(/C=C/c4ccc(N(c5ccccc5)c5c(C)cccc5C)cc4)cc3)cc2)cc1. The lowest BCUT2D eigenvalue weighted by Crippen LogP contribution is -2.12. The molecular formula is C58H50N2. The number of hydrogen-bond acceptors (Lipinski definition) is 2. The number of hydrogen-bond donors (Lipinski definition) is 0. The maximum absolute atomic E-state index is 2.35. The number of anilines is 6. The molecule has 0 N–H and O–H groups in total. The predicted octanol–water partition coefficient (Wildman–Crippen LogP) is 16.4. The normalized spacial score (nSPS) is 11.5. The van der Waals surface area contributed by atoms with Crippen molar-refractivity contribution in [2.24, 2.45) is 0 Å². The second-order valence-corrected chi connectivity index (χ2v) is 15.3. The molecule has 0 saturated heterocycles. The van der Waals surface area contributed by atoms with Gasteiger partial charge in [0.05, 0.1) is 11.4 Å². The van der Waals surface area contributed by atoms with Crippen molar-refractivity contribution in [3.05, 3.63) is 250 Å². The Hall–Kier alpha value is -7.42. The van der Waals surface area contributed by atoms with Crippen LogP contribution in [0.15, 0.2) is 194 Å². The lowest BCUT2D eigenvalue weighted by molar-refractivity contribution is 1.22. The minimum atomic E-state index is 1.14. The summed E-state index contributed by atoms with van der Waals surface area (Å²) in [6.07, 6.45) is 13.1. The summed E-state index contributed by atoms with van der Waals surface area (Å²) in [7, 11) is 0. The highest BCUT2D eigenvalue weighted by molar-refractivity contribution is 5.83. The van der Waals surface area contributed by atoms with Gasteiger partial charge in [-0.15, -0.1) is 0 Å². The number of para-hydroxylation sites is 4. The van der Waals surface area contributed by atoms with E-state index in [9.17, 15) is 0 Å². The van der Waals surface area contributed by atoms with E-state index in [1.165, 1.54) is 55.9 Å². The van der Waals surface area contributed by atoms with Gasteiger partial charge in [0.2, 0.25) is 0 Å². The fraction of sp³-hybridized carbons (Fsp3) is 0.0690. The molecule has 0 aliphatic carbocycles. The van der Waals surface area contributed by atoms with Crippen LogP contribution in [0.2, 0.25) is 0 Å². The zero-order valence-corrected chi connectivity index (χ0v) is 34.8. The van der Waals surface area contributed by atoms with E-state index >= 15 is 0 Å². The van der Waals surface area contributed by atoms with Crippen LogP contribution in [-0.2, 0) is 0 Å². The van der Waals surface area contributed by atoms with Gasteiger partial charge in [0.1, 0.15) is 0 Å². The van der Waals surface area contributed by atoms with Crippen LogP contribution >= 0.6 is 0 Å². The highest BCUT2D eigenvalue weighted by Gasteiger charge is 2.17. The third kappa shape index (κ3) is 9.31. The predicted molar refractivity (Wildman–Crippen MR) is 261 cm³/mol. The summed E-state index contributed by atoms with van der Waals surface area (Å²) in [4.78, 5) is 4.70. The molecule has 0 radical (unpaired) electrons. The van der Waals surface area contributed by atoms with Crippen LogP contribution in [0, 0.1) is 27.7 Å². The molecule has 0 amide bonds. The Kier molecular flexibility index (Phi) is 12.1. The van der Waals surface area contributed by atoms with Crippen molar-refractivity contribution in [2.75, 3.05) is 9.80 Å². The molecule has 2 heteroatoms. The highest BCUT2D eigenvalue weighted by Crippen LogP contribution is 2.40.